The summed E-state index contributed by atoms with van der Waals surface area (Å²) in [6.45, 7) is 0. The van der Waals surface area contributed by atoms with Gasteiger partial charge in [0.2, 0.25) is 0 Å². The maximum atomic E-state index is 13.3. The van der Waals surface area contributed by atoms with E-state index < -0.39 is 11.7 Å². The highest BCUT2D eigenvalue weighted by Crippen LogP contribution is 2.27. The Balaban J connectivity index is 1.67. The van der Waals surface area contributed by atoms with Crippen LogP contribution in [0.25, 0.3) is 16.7 Å². The molecule has 5 nitrogen and oxygen atoms in total. The molecule has 1 heterocycles. The topological polar surface area (TPSA) is 59.8 Å². The van der Waals surface area contributed by atoms with E-state index in [-0.39, 0.29) is 5.56 Å². The van der Waals surface area contributed by atoms with Crippen molar-refractivity contribution >= 4 is 34.2 Å². The average molecular weight is 367 g/mol. The van der Waals surface area contributed by atoms with Gasteiger partial charge in [-0.25, -0.2) is 4.39 Å². The standard InChI is InChI=1S/C19H12ClFN4O/c20-15-10-17-18(24-25(23-17)14-7-2-1-3-8-14)11-16(15)22-19(26)12-5-4-6-13(21)9-12/h1-11H,(H,22,26). The molecule has 0 saturated carbocycles. The van der Waals surface area contributed by atoms with Crippen LogP contribution in [0, 0.1) is 5.82 Å². The van der Waals surface area contributed by atoms with Gasteiger partial charge in [-0.3, -0.25) is 4.79 Å². The van der Waals surface area contributed by atoms with Gasteiger partial charge in [-0.15, -0.1) is 10.2 Å². The maximum absolute atomic E-state index is 13.3. The van der Waals surface area contributed by atoms with Crippen molar-refractivity contribution in [2.45, 2.75) is 0 Å². The van der Waals surface area contributed by atoms with Crippen molar-refractivity contribution in [3.8, 4) is 5.69 Å². The Morgan fingerprint density at radius 2 is 1.69 bits per heavy atom. The van der Waals surface area contributed by atoms with E-state index in [0.717, 1.165) is 11.8 Å². The molecule has 0 fully saturated rings. The lowest BCUT2D eigenvalue weighted by molar-refractivity contribution is 0.102. The lowest BCUT2D eigenvalue weighted by Gasteiger charge is -2.07. The van der Waals surface area contributed by atoms with Crippen LogP contribution in [0.5, 0.6) is 0 Å². The molecule has 4 rings (SSSR count). The first-order valence-electron chi connectivity index (χ1n) is 7.79. The van der Waals surface area contributed by atoms with E-state index in [1.807, 2.05) is 30.3 Å². The monoisotopic (exact) mass is 366 g/mol. The number of halogens is 2. The number of aromatic nitrogens is 3. The van der Waals surface area contributed by atoms with Gasteiger partial charge in [0.25, 0.3) is 5.91 Å². The van der Waals surface area contributed by atoms with Crippen LogP contribution in [0.15, 0.2) is 66.7 Å². The van der Waals surface area contributed by atoms with Gasteiger partial charge in [-0.1, -0.05) is 35.9 Å². The van der Waals surface area contributed by atoms with Gasteiger partial charge < -0.3 is 5.32 Å². The molecular formula is C19H12ClFN4O. The van der Waals surface area contributed by atoms with Crippen LogP contribution in [-0.2, 0) is 0 Å². The van der Waals surface area contributed by atoms with Gasteiger partial charge in [0.05, 0.1) is 16.4 Å². The lowest BCUT2D eigenvalue weighted by atomic mass is 10.2. The van der Waals surface area contributed by atoms with E-state index in [2.05, 4.69) is 15.5 Å². The van der Waals surface area contributed by atoms with E-state index in [9.17, 15) is 9.18 Å². The van der Waals surface area contributed by atoms with Gasteiger partial charge in [-0.05, 0) is 42.5 Å². The van der Waals surface area contributed by atoms with Crippen molar-refractivity contribution in [1.82, 2.24) is 15.0 Å². The molecule has 0 bridgehead atoms. The summed E-state index contributed by atoms with van der Waals surface area (Å²) in [7, 11) is 0. The molecule has 0 unspecified atom stereocenters. The number of amides is 1. The number of anilines is 1. The van der Waals surface area contributed by atoms with Crippen LogP contribution < -0.4 is 5.32 Å². The number of nitrogens with one attached hydrogen (secondary N) is 1. The van der Waals surface area contributed by atoms with Crippen molar-refractivity contribution in [2.75, 3.05) is 5.32 Å². The summed E-state index contributed by atoms with van der Waals surface area (Å²) in [4.78, 5) is 13.8. The summed E-state index contributed by atoms with van der Waals surface area (Å²) < 4.78 is 13.3. The molecule has 0 aliphatic carbocycles. The smallest absolute Gasteiger partial charge is 0.255 e. The average Bonchev–Trinajstić information content (AvgIpc) is 3.05. The third-order valence-corrected chi connectivity index (χ3v) is 4.10. The van der Waals surface area contributed by atoms with E-state index >= 15 is 0 Å². The molecule has 4 aromatic rings. The quantitative estimate of drug-likeness (QED) is 0.582. The van der Waals surface area contributed by atoms with Crippen molar-refractivity contribution in [3.63, 3.8) is 0 Å². The number of hydrogen-bond donors (Lipinski definition) is 1. The zero-order chi connectivity index (χ0) is 18.1. The Morgan fingerprint density at radius 3 is 2.42 bits per heavy atom. The second kappa shape index (κ2) is 6.57. The molecule has 0 spiro atoms. The second-order valence-corrected chi connectivity index (χ2v) is 6.02. The minimum absolute atomic E-state index is 0.203. The number of hydrogen-bond acceptors (Lipinski definition) is 3. The number of carbonyl (C=O) groups excluding carboxylic acids is 1. The highest BCUT2D eigenvalue weighted by molar-refractivity contribution is 6.34. The van der Waals surface area contributed by atoms with Crippen LogP contribution in [-0.4, -0.2) is 20.9 Å². The highest BCUT2D eigenvalue weighted by atomic mass is 35.5. The van der Waals surface area contributed by atoms with E-state index in [4.69, 9.17) is 11.6 Å². The Labute approximate surface area is 153 Å². The minimum Gasteiger partial charge on any atom is -0.321 e. The molecule has 0 saturated heterocycles. The number of carbonyl (C=O) groups is 1. The molecule has 0 aliphatic heterocycles. The molecule has 1 N–H and O–H groups in total. The number of rotatable bonds is 3. The van der Waals surface area contributed by atoms with Gasteiger partial charge in [0, 0.05) is 5.56 Å². The van der Waals surface area contributed by atoms with Crippen molar-refractivity contribution in [3.05, 3.63) is 83.1 Å². The molecule has 3 aromatic carbocycles. The zero-order valence-corrected chi connectivity index (χ0v) is 14.1. The van der Waals surface area contributed by atoms with E-state index in [1.54, 1.807) is 12.1 Å². The summed E-state index contributed by atoms with van der Waals surface area (Å²) in [6.07, 6.45) is 0. The van der Waals surface area contributed by atoms with Crippen molar-refractivity contribution < 1.29 is 9.18 Å². The zero-order valence-electron chi connectivity index (χ0n) is 13.4. The van der Waals surface area contributed by atoms with Gasteiger partial charge >= 0.3 is 0 Å². The normalized spacial score (nSPS) is 10.8. The van der Waals surface area contributed by atoms with Crippen LogP contribution in [0.1, 0.15) is 10.4 Å². The Bertz CT molecular complexity index is 1110. The number of fused-ring (bicyclic) bond motifs is 1. The van der Waals surface area contributed by atoms with Gasteiger partial charge in [-0.2, -0.15) is 4.80 Å². The Hall–Kier alpha value is -3.25. The summed E-state index contributed by atoms with van der Waals surface area (Å²) in [5.41, 5.74) is 2.57. The fourth-order valence-corrected chi connectivity index (χ4v) is 2.74. The summed E-state index contributed by atoms with van der Waals surface area (Å²) in [6, 6.07) is 18.2. The molecule has 128 valence electrons. The van der Waals surface area contributed by atoms with Gasteiger partial charge in [0.1, 0.15) is 16.9 Å². The van der Waals surface area contributed by atoms with Crippen LogP contribution in [0.4, 0.5) is 10.1 Å². The number of benzene rings is 3. The summed E-state index contributed by atoms with van der Waals surface area (Å²) >= 11 is 6.26. The van der Waals surface area contributed by atoms with Crippen LogP contribution in [0.3, 0.4) is 0 Å². The van der Waals surface area contributed by atoms with Crippen molar-refractivity contribution in [2.24, 2.45) is 0 Å². The molecule has 1 amide bonds. The van der Waals surface area contributed by atoms with Crippen LogP contribution >= 0.6 is 11.6 Å². The Morgan fingerprint density at radius 1 is 0.962 bits per heavy atom. The lowest BCUT2D eigenvalue weighted by Crippen LogP contribution is -2.12. The fourth-order valence-electron chi connectivity index (χ4n) is 2.53. The predicted molar refractivity (Wildman–Crippen MR) is 98.2 cm³/mol. The van der Waals surface area contributed by atoms with E-state index in [0.29, 0.717) is 21.7 Å². The fraction of sp³-hybridized carbons (Fsp3) is 0. The number of nitrogens with zero attached hydrogens (tertiary/aromatic N) is 3. The summed E-state index contributed by atoms with van der Waals surface area (Å²) in [5.74, 6) is -0.939. The number of para-hydroxylation sites is 1. The molecule has 0 radical (unpaired) electrons. The molecule has 0 atom stereocenters. The van der Waals surface area contributed by atoms with Crippen molar-refractivity contribution in [1.29, 1.82) is 0 Å². The third-order valence-electron chi connectivity index (χ3n) is 3.79. The minimum atomic E-state index is -0.481. The largest absolute Gasteiger partial charge is 0.321 e. The molecule has 1 aromatic heterocycles. The van der Waals surface area contributed by atoms with E-state index in [1.165, 1.54) is 23.0 Å². The van der Waals surface area contributed by atoms with Gasteiger partial charge in [0.15, 0.2) is 0 Å². The highest BCUT2D eigenvalue weighted by Gasteiger charge is 2.13. The first kappa shape index (κ1) is 16.2. The molecular weight excluding hydrogens is 355 g/mol. The third kappa shape index (κ3) is 3.14. The molecule has 0 aliphatic rings. The first-order chi connectivity index (χ1) is 12.6. The maximum Gasteiger partial charge on any atom is 0.255 e. The first-order valence-corrected chi connectivity index (χ1v) is 8.17. The SMILES string of the molecule is O=C(Nc1cc2nn(-c3ccccc3)nc2cc1Cl)c1cccc(F)c1. The predicted octanol–water partition coefficient (Wildman–Crippen LogP) is 4.47. The molecule has 26 heavy (non-hydrogen) atoms. The van der Waals surface area contributed by atoms with Crippen LogP contribution in [0.2, 0.25) is 5.02 Å². The Kier molecular flexibility index (Phi) is 4.10. The second-order valence-electron chi connectivity index (χ2n) is 5.61. The summed E-state index contributed by atoms with van der Waals surface area (Å²) in [5, 5.41) is 11.8. The molecule has 7 heteroatoms.